The van der Waals surface area contributed by atoms with Crippen LogP contribution in [0.3, 0.4) is 0 Å². The van der Waals surface area contributed by atoms with Crippen LogP contribution >= 0.6 is 0 Å². The van der Waals surface area contributed by atoms with Crippen molar-refractivity contribution in [2.45, 2.75) is 19.8 Å². The number of aryl methyl sites for hydroxylation is 2. The summed E-state index contributed by atoms with van der Waals surface area (Å²) < 4.78 is 0. The maximum absolute atomic E-state index is 12.1. The van der Waals surface area contributed by atoms with Crippen LogP contribution in [-0.4, -0.2) is 10.9 Å². The lowest BCUT2D eigenvalue weighted by Crippen LogP contribution is -2.17. The van der Waals surface area contributed by atoms with Crippen LogP contribution in [0.4, 0.5) is 5.69 Å². The molecule has 116 valence electrons. The number of hydrogen-bond donors (Lipinski definition) is 2. The first-order chi connectivity index (χ1) is 11.1. The summed E-state index contributed by atoms with van der Waals surface area (Å²) in [4.78, 5) is 27.0. The van der Waals surface area contributed by atoms with E-state index >= 15 is 0 Å². The number of aromatic nitrogens is 1. The largest absolute Gasteiger partial charge is 0.326 e. The summed E-state index contributed by atoms with van der Waals surface area (Å²) in [5.74, 6) is -0.0973. The van der Waals surface area contributed by atoms with Crippen LogP contribution in [0.15, 0.2) is 59.4 Å². The summed E-state index contributed by atoms with van der Waals surface area (Å²) in [6.07, 6.45) is 0.688. The number of carbonyl (C=O) groups is 1. The molecule has 0 atom stereocenters. The van der Waals surface area contributed by atoms with Crippen molar-refractivity contribution < 1.29 is 4.79 Å². The highest BCUT2D eigenvalue weighted by Gasteiger charge is 2.07. The number of amides is 1. The van der Waals surface area contributed by atoms with E-state index in [1.807, 2.05) is 61.5 Å². The molecule has 0 fully saturated rings. The number of nitrogens with one attached hydrogen (secondary N) is 2. The zero-order valence-electron chi connectivity index (χ0n) is 12.9. The molecule has 0 bridgehead atoms. The lowest BCUT2D eigenvalue weighted by Gasteiger charge is -2.06. The van der Waals surface area contributed by atoms with Crippen molar-refractivity contribution in [3.8, 4) is 0 Å². The van der Waals surface area contributed by atoms with Crippen molar-refractivity contribution in [3.05, 3.63) is 76.1 Å². The highest BCUT2D eigenvalue weighted by Crippen LogP contribution is 2.14. The maximum Gasteiger partial charge on any atom is 0.251 e. The Labute approximate surface area is 134 Å². The minimum Gasteiger partial charge on any atom is -0.326 e. The number of benzene rings is 2. The smallest absolute Gasteiger partial charge is 0.251 e. The average Bonchev–Trinajstić information content (AvgIpc) is 2.54. The molecule has 1 aromatic heterocycles. The molecule has 4 heteroatoms. The van der Waals surface area contributed by atoms with Gasteiger partial charge in [0, 0.05) is 23.2 Å². The van der Waals surface area contributed by atoms with Crippen molar-refractivity contribution in [1.82, 2.24) is 4.98 Å². The molecule has 0 spiro atoms. The molecule has 0 aliphatic carbocycles. The van der Waals surface area contributed by atoms with E-state index in [0.29, 0.717) is 12.0 Å². The van der Waals surface area contributed by atoms with E-state index in [-0.39, 0.29) is 17.9 Å². The van der Waals surface area contributed by atoms with Crippen LogP contribution in [0.1, 0.15) is 17.5 Å². The Morgan fingerprint density at radius 2 is 1.87 bits per heavy atom. The molecular formula is C19H18N2O2. The Hall–Kier alpha value is -2.88. The van der Waals surface area contributed by atoms with Gasteiger partial charge in [-0.2, -0.15) is 0 Å². The van der Waals surface area contributed by atoms with Crippen LogP contribution in [0.2, 0.25) is 0 Å². The number of aromatic amines is 1. The molecule has 23 heavy (non-hydrogen) atoms. The van der Waals surface area contributed by atoms with Gasteiger partial charge < -0.3 is 10.3 Å². The molecule has 2 aromatic carbocycles. The predicted molar refractivity (Wildman–Crippen MR) is 92.7 cm³/mol. The Morgan fingerprint density at radius 1 is 1.09 bits per heavy atom. The monoisotopic (exact) mass is 306 g/mol. The van der Waals surface area contributed by atoms with Gasteiger partial charge in [-0.1, -0.05) is 29.8 Å². The van der Waals surface area contributed by atoms with Crippen LogP contribution in [0, 0.1) is 6.92 Å². The fraction of sp³-hybridized carbons (Fsp3) is 0.158. The van der Waals surface area contributed by atoms with Gasteiger partial charge in [-0.05, 0) is 49.1 Å². The average molecular weight is 306 g/mol. The normalized spacial score (nSPS) is 10.7. The molecule has 0 radical (unpaired) electrons. The van der Waals surface area contributed by atoms with Crippen molar-refractivity contribution in [1.29, 1.82) is 0 Å². The second kappa shape index (κ2) is 6.48. The van der Waals surface area contributed by atoms with Gasteiger partial charge in [-0.15, -0.1) is 0 Å². The zero-order chi connectivity index (χ0) is 16.2. The fourth-order valence-corrected chi connectivity index (χ4v) is 2.55. The van der Waals surface area contributed by atoms with E-state index in [1.165, 1.54) is 0 Å². The lowest BCUT2D eigenvalue weighted by molar-refractivity contribution is -0.116. The predicted octanol–water partition coefficient (Wildman–Crippen LogP) is 3.41. The van der Waals surface area contributed by atoms with E-state index in [1.54, 1.807) is 0 Å². The summed E-state index contributed by atoms with van der Waals surface area (Å²) in [6.45, 7) is 2.01. The number of para-hydroxylation sites is 1. The molecule has 0 aliphatic rings. The van der Waals surface area contributed by atoms with Crippen molar-refractivity contribution in [2.24, 2.45) is 0 Å². The Kier molecular flexibility index (Phi) is 4.24. The summed E-state index contributed by atoms with van der Waals surface area (Å²) in [7, 11) is 0. The number of carbonyl (C=O) groups excluding carboxylic acids is 1. The molecule has 0 unspecified atom stereocenters. The van der Waals surface area contributed by atoms with Crippen molar-refractivity contribution in [3.63, 3.8) is 0 Å². The number of H-pyrrole nitrogens is 1. The lowest BCUT2D eigenvalue weighted by atomic mass is 10.1. The summed E-state index contributed by atoms with van der Waals surface area (Å²) in [6, 6.07) is 17.1. The van der Waals surface area contributed by atoms with Gasteiger partial charge in [0.05, 0.1) is 0 Å². The Bertz CT molecular complexity index is 898. The van der Waals surface area contributed by atoms with Gasteiger partial charge in [0.25, 0.3) is 5.56 Å². The van der Waals surface area contributed by atoms with Crippen molar-refractivity contribution >= 4 is 22.5 Å². The molecular weight excluding hydrogens is 288 g/mol. The Balaban J connectivity index is 1.72. The highest BCUT2D eigenvalue weighted by atomic mass is 16.1. The molecule has 0 saturated heterocycles. The molecule has 0 aliphatic heterocycles. The van der Waals surface area contributed by atoms with Gasteiger partial charge in [0.15, 0.2) is 0 Å². The van der Waals surface area contributed by atoms with E-state index in [0.717, 1.165) is 22.2 Å². The molecule has 1 amide bonds. The quantitative estimate of drug-likeness (QED) is 0.776. The minimum absolute atomic E-state index is 0.0973. The summed E-state index contributed by atoms with van der Waals surface area (Å²) in [5, 5.41) is 3.82. The first kappa shape index (κ1) is 15.0. The van der Waals surface area contributed by atoms with E-state index in [4.69, 9.17) is 0 Å². The highest BCUT2D eigenvalue weighted by molar-refractivity contribution is 5.90. The van der Waals surface area contributed by atoms with Gasteiger partial charge in [-0.3, -0.25) is 9.59 Å². The van der Waals surface area contributed by atoms with Crippen LogP contribution < -0.4 is 10.9 Å². The fourth-order valence-electron chi connectivity index (χ4n) is 2.55. The maximum atomic E-state index is 12.1. The third-order valence-corrected chi connectivity index (χ3v) is 3.76. The molecule has 1 heterocycles. The number of fused-ring (bicyclic) bond motifs is 1. The third kappa shape index (κ3) is 3.66. The van der Waals surface area contributed by atoms with Gasteiger partial charge >= 0.3 is 0 Å². The number of hydrogen-bond acceptors (Lipinski definition) is 2. The third-order valence-electron chi connectivity index (χ3n) is 3.76. The molecule has 3 aromatic rings. The van der Waals surface area contributed by atoms with Gasteiger partial charge in [-0.25, -0.2) is 0 Å². The standard InChI is InChI=1S/C19H18N2O2/c1-13-7-9-17-15(11-13)12-14(19(23)21-17)8-10-18(22)20-16-5-3-2-4-6-16/h2-7,9,11-12H,8,10H2,1H3,(H,20,22)(H,21,23). The molecule has 3 rings (SSSR count). The second-order valence-electron chi connectivity index (χ2n) is 5.63. The van der Waals surface area contributed by atoms with Crippen LogP contribution in [0.25, 0.3) is 10.9 Å². The van der Waals surface area contributed by atoms with Crippen LogP contribution in [0.5, 0.6) is 0 Å². The topological polar surface area (TPSA) is 62.0 Å². The summed E-state index contributed by atoms with van der Waals surface area (Å²) in [5.41, 5.74) is 3.22. The zero-order valence-corrected chi connectivity index (χ0v) is 12.9. The van der Waals surface area contributed by atoms with Gasteiger partial charge in [0.1, 0.15) is 0 Å². The number of pyridine rings is 1. The minimum atomic E-state index is -0.131. The van der Waals surface area contributed by atoms with Crippen LogP contribution in [-0.2, 0) is 11.2 Å². The SMILES string of the molecule is Cc1ccc2[nH]c(=O)c(CCC(=O)Nc3ccccc3)cc2c1. The molecule has 2 N–H and O–H groups in total. The number of anilines is 1. The first-order valence-corrected chi connectivity index (χ1v) is 7.59. The Morgan fingerprint density at radius 3 is 2.65 bits per heavy atom. The van der Waals surface area contributed by atoms with E-state index in [9.17, 15) is 9.59 Å². The molecule has 4 nitrogen and oxygen atoms in total. The van der Waals surface area contributed by atoms with Gasteiger partial charge in [0.2, 0.25) is 5.91 Å². The second-order valence-corrected chi connectivity index (χ2v) is 5.63. The first-order valence-electron chi connectivity index (χ1n) is 7.59. The van der Waals surface area contributed by atoms with E-state index in [2.05, 4.69) is 10.3 Å². The summed E-state index contributed by atoms with van der Waals surface area (Å²) >= 11 is 0. The molecule has 0 saturated carbocycles. The van der Waals surface area contributed by atoms with Crippen molar-refractivity contribution in [2.75, 3.05) is 5.32 Å². The number of rotatable bonds is 4. The van der Waals surface area contributed by atoms with E-state index < -0.39 is 0 Å².